The molecule has 0 bridgehead atoms. The Bertz CT molecular complexity index is 403. The van der Waals surface area contributed by atoms with Gasteiger partial charge in [-0.2, -0.15) is 0 Å². The van der Waals surface area contributed by atoms with Crippen molar-refractivity contribution < 1.29 is 4.74 Å². The van der Waals surface area contributed by atoms with E-state index in [0.717, 1.165) is 25.4 Å². The Labute approximate surface area is 104 Å². The van der Waals surface area contributed by atoms with Gasteiger partial charge in [0.1, 0.15) is 5.75 Å². The number of hydrogen-bond donors (Lipinski definition) is 1. The van der Waals surface area contributed by atoms with Crippen LogP contribution in [0.4, 0.5) is 0 Å². The molecule has 1 aliphatic heterocycles. The summed E-state index contributed by atoms with van der Waals surface area (Å²) in [6, 6.07) is 4.83. The van der Waals surface area contributed by atoms with Gasteiger partial charge in [0.15, 0.2) is 0 Å². The van der Waals surface area contributed by atoms with E-state index < -0.39 is 0 Å². The number of nitrogens with zero attached hydrogens (tertiary/aromatic N) is 1. The summed E-state index contributed by atoms with van der Waals surface area (Å²) in [5.41, 5.74) is 3.92. The molecule has 1 saturated heterocycles. The molecule has 2 rings (SSSR count). The third-order valence-electron chi connectivity index (χ3n) is 3.72. The first-order valence-electron chi connectivity index (χ1n) is 6.19. The standard InChI is InChI=1S/C14H22N2O/c1-10-7-12(14(17-4)8-11(10)2)13-9-15-5-6-16(13)3/h7-8,13,15H,5-6,9H2,1-4H3. The first-order chi connectivity index (χ1) is 8.13. The summed E-state index contributed by atoms with van der Waals surface area (Å²) in [4.78, 5) is 2.39. The minimum Gasteiger partial charge on any atom is -0.496 e. The molecule has 1 aromatic carbocycles. The zero-order chi connectivity index (χ0) is 12.4. The zero-order valence-corrected chi connectivity index (χ0v) is 11.2. The number of piperazine rings is 1. The Balaban J connectivity index is 2.38. The van der Waals surface area contributed by atoms with Gasteiger partial charge in [0.25, 0.3) is 0 Å². The van der Waals surface area contributed by atoms with Gasteiger partial charge >= 0.3 is 0 Å². The normalized spacial score (nSPS) is 21.5. The van der Waals surface area contributed by atoms with E-state index in [9.17, 15) is 0 Å². The van der Waals surface area contributed by atoms with Crippen LogP contribution in [0.5, 0.6) is 5.75 Å². The largest absolute Gasteiger partial charge is 0.496 e. The van der Waals surface area contributed by atoms with Crippen molar-refractivity contribution in [3.05, 3.63) is 28.8 Å². The summed E-state index contributed by atoms with van der Waals surface area (Å²) in [6.07, 6.45) is 0. The number of hydrogen-bond acceptors (Lipinski definition) is 3. The highest BCUT2D eigenvalue weighted by atomic mass is 16.5. The molecule has 1 aromatic rings. The van der Waals surface area contributed by atoms with E-state index in [-0.39, 0.29) is 0 Å². The van der Waals surface area contributed by atoms with Crippen molar-refractivity contribution in [2.75, 3.05) is 33.8 Å². The summed E-state index contributed by atoms with van der Waals surface area (Å²) < 4.78 is 5.53. The second-order valence-corrected chi connectivity index (χ2v) is 4.88. The van der Waals surface area contributed by atoms with Crippen LogP contribution in [-0.2, 0) is 0 Å². The summed E-state index contributed by atoms with van der Waals surface area (Å²) >= 11 is 0. The van der Waals surface area contributed by atoms with Gasteiger partial charge in [0, 0.05) is 25.2 Å². The van der Waals surface area contributed by atoms with Crippen LogP contribution in [0.15, 0.2) is 12.1 Å². The van der Waals surface area contributed by atoms with Crippen LogP contribution < -0.4 is 10.1 Å². The monoisotopic (exact) mass is 234 g/mol. The maximum atomic E-state index is 5.53. The van der Waals surface area contributed by atoms with Gasteiger partial charge in [0.05, 0.1) is 13.2 Å². The highest BCUT2D eigenvalue weighted by Crippen LogP contribution is 2.31. The molecule has 1 N–H and O–H groups in total. The van der Waals surface area contributed by atoms with Crippen molar-refractivity contribution in [3.63, 3.8) is 0 Å². The van der Waals surface area contributed by atoms with Crippen molar-refractivity contribution in [3.8, 4) is 5.75 Å². The minimum absolute atomic E-state index is 0.415. The lowest BCUT2D eigenvalue weighted by atomic mass is 9.97. The minimum atomic E-state index is 0.415. The molecule has 0 aromatic heterocycles. The van der Waals surface area contributed by atoms with Crippen LogP contribution in [0, 0.1) is 13.8 Å². The molecule has 0 aliphatic carbocycles. The van der Waals surface area contributed by atoms with Crippen molar-refractivity contribution in [1.82, 2.24) is 10.2 Å². The number of likely N-dealkylation sites (N-methyl/N-ethyl adjacent to an activating group) is 1. The number of methoxy groups -OCH3 is 1. The van der Waals surface area contributed by atoms with Crippen molar-refractivity contribution >= 4 is 0 Å². The molecule has 0 spiro atoms. The van der Waals surface area contributed by atoms with Gasteiger partial charge in [-0.25, -0.2) is 0 Å². The van der Waals surface area contributed by atoms with Gasteiger partial charge in [0.2, 0.25) is 0 Å². The molecule has 1 unspecified atom stereocenters. The third-order valence-corrected chi connectivity index (χ3v) is 3.72. The Morgan fingerprint density at radius 3 is 2.65 bits per heavy atom. The number of nitrogens with one attached hydrogen (secondary N) is 1. The van der Waals surface area contributed by atoms with Crippen LogP contribution >= 0.6 is 0 Å². The summed E-state index contributed by atoms with van der Waals surface area (Å²) in [5.74, 6) is 1.01. The highest BCUT2D eigenvalue weighted by molar-refractivity contribution is 5.43. The SMILES string of the molecule is COc1cc(C)c(C)cc1C1CNCCN1C. The molecule has 1 fully saturated rings. The van der Waals surface area contributed by atoms with Crippen LogP contribution in [0.25, 0.3) is 0 Å². The lowest BCUT2D eigenvalue weighted by Crippen LogP contribution is -2.43. The second kappa shape index (κ2) is 5.07. The van der Waals surface area contributed by atoms with Crippen LogP contribution in [-0.4, -0.2) is 38.7 Å². The predicted octanol–water partition coefficient (Wildman–Crippen LogP) is 1.89. The lowest BCUT2D eigenvalue weighted by molar-refractivity contribution is 0.198. The molecular formula is C14H22N2O. The van der Waals surface area contributed by atoms with E-state index in [1.165, 1.54) is 16.7 Å². The van der Waals surface area contributed by atoms with Gasteiger partial charge in [-0.05, 0) is 38.1 Å². The van der Waals surface area contributed by atoms with Gasteiger partial charge in [-0.3, -0.25) is 4.90 Å². The molecule has 0 radical (unpaired) electrons. The Hall–Kier alpha value is -1.06. The molecule has 3 heteroatoms. The maximum absolute atomic E-state index is 5.53. The number of benzene rings is 1. The highest BCUT2D eigenvalue weighted by Gasteiger charge is 2.23. The van der Waals surface area contributed by atoms with E-state index >= 15 is 0 Å². The smallest absolute Gasteiger partial charge is 0.123 e. The van der Waals surface area contributed by atoms with Crippen molar-refractivity contribution in [2.24, 2.45) is 0 Å². The van der Waals surface area contributed by atoms with E-state index in [1.54, 1.807) is 7.11 Å². The average molecular weight is 234 g/mol. The average Bonchev–Trinajstić information content (AvgIpc) is 2.33. The zero-order valence-electron chi connectivity index (χ0n) is 11.2. The van der Waals surface area contributed by atoms with Crippen molar-refractivity contribution in [2.45, 2.75) is 19.9 Å². The molecule has 1 heterocycles. The number of rotatable bonds is 2. The Kier molecular flexibility index (Phi) is 3.69. The molecule has 1 aliphatic rings. The quantitative estimate of drug-likeness (QED) is 0.845. The van der Waals surface area contributed by atoms with Crippen molar-refractivity contribution in [1.29, 1.82) is 0 Å². The molecule has 0 saturated carbocycles. The first-order valence-corrected chi connectivity index (χ1v) is 6.19. The molecule has 17 heavy (non-hydrogen) atoms. The lowest BCUT2D eigenvalue weighted by Gasteiger charge is -2.34. The molecular weight excluding hydrogens is 212 g/mol. The fourth-order valence-corrected chi connectivity index (χ4v) is 2.40. The maximum Gasteiger partial charge on any atom is 0.123 e. The third kappa shape index (κ3) is 2.45. The Morgan fingerprint density at radius 1 is 1.29 bits per heavy atom. The van der Waals surface area contributed by atoms with E-state index in [0.29, 0.717) is 6.04 Å². The van der Waals surface area contributed by atoms with E-state index in [4.69, 9.17) is 4.74 Å². The summed E-state index contributed by atoms with van der Waals surface area (Å²) in [5, 5.41) is 3.45. The number of ether oxygens (including phenoxy) is 1. The molecule has 1 atom stereocenters. The van der Waals surface area contributed by atoms with E-state index in [1.807, 2.05) is 0 Å². The van der Waals surface area contributed by atoms with Gasteiger partial charge in [-0.15, -0.1) is 0 Å². The van der Waals surface area contributed by atoms with Crippen LogP contribution in [0.2, 0.25) is 0 Å². The topological polar surface area (TPSA) is 24.5 Å². The summed E-state index contributed by atoms with van der Waals surface area (Å²) in [7, 11) is 3.93. The fraction of sp³-hybridized carbons (Fsp3) is 0.571. The van der Waals surface area contributed by atoms with Crippen LogP contribution in [0.3, 0.4) is 0 Å². The van der Waals surface area contributed by atoms with Gasteiger partial charge < -0.3 is 10.1 Å². The second-order valence-electron chi connectivity index (χ2n) is 4.88. The molecule has 3 nitrogen and oxygen atoms in total. The number of aryl methyl sites for hydroxylation is 2. The Morgan fingerprint density at radius 2 is 2.00 bits per heavy atom. The predicted molar refractivity (Wildman–Crippen MR) is 70.7 cm³/mol. The van der Waals surface area contributed by atoms with Crippen LogP contribution in [0.1, 0.15) is 22.7 Å². The molecule has 0 amide bonds. The summed E-state index contributed by atoms with van der Waals surface area (Å²) in [6.45, 7) is 7.44. The fourth-order valence-electron chi connectivity index (χ4n) is 2.40. The van der Waals surface area contributed by atoms with E-state index in [2.05, 4.69) is 43.2 Å². The molecule has 94 valence electrons. The first kappa shape index (κ1) is 12.4. The van der Waals surface area contributed by atoms with Gasteiger partial charge in [-0.1, -0.05) is 6.07 Å².